The topological polar surface area (TPSA) is 89.9 Å². The SMILES string of the molecule is CCN(CC(=O)NC(C)C)CC(=O)c1ccc(O)c(O)c1. The molecule has 0 aliphatic rings. The third-order valence-electron chi connectivity index (χ3n) is 2.93. The molecule has 1 amide bonds. The van der Waals surface area contributed by atoms with E-state index in [4.69, 9.17) is 0 Å². The molecule has 0 aliphatic carbocycles. The minimum Gasteiger partial charge on any atom is -0.504 e. The monoisotopic (exact) mass is 294 g/mol. The van der Waals surface area contributed by atoms with Crippen LogP contribution >= 0.6 is 0 Å². The first-order chi connectivity index (χ1) is 9.83. The van der Waals surface area contributed by atoms with Crippen molar-refractivity contribution in [3.63, 3.8) is 0 Å². The summed E-state index contributed by atoms with van der Waals surface area (Å²) in [7, 11) is 0. The van der Waals surface area contributed by atoms with E-state index in [1.807, 2.05) is 20.8 Å². The number of amides is 1. The summed E-state index contributed by atoms with van der Waals surface area (Å²) < 4.78 is 0. The van der Waals surface area contributed by atoms with E-state index < -0.39 is 0 Å². The van der Waals surface area contributed by atoms with Crippen molar-refractivity contribution in [1.82, 2.24) is 10.2 Å². The molecular formula is C15H22N2O4. The summed E-state index contributed by atoms with van der Waals surface area (Å²) in [4.78, 5) is 25.5. The Bertz CT molecular complexity index is 514. The maximum atomic E-state index is 12.1. The van der Waals surface area contributed by atoms with Crippen molar-refractivity contribution in [2.75, 3.05) is 19.6 Å². The molecule has 0 aromatic heterocycles. The molecule has 0 aliphatic heterocycles. The second-order valence-electron chi connectivity index (χ2n) is 5.15. The first-order valence-corrected chi connectivity index (χ1v) is 6.90. The standard InChI is InChI=1S/C15H22N2O4/c1-4-17(9-15(21)16-10(2)3)8-14(20)11-5-6-12(18)13(19)7-11/h5-7,10,18-19H,4,8-9H2,1-3H3,(H,16,21). The number of Topliss-reactive ketones (excluding diaryl/α,β-unsaturated/α-hetero) is 1. The molecule has 6 heteroatoms. The number of rotatable bonds is 7. The van der Waals surface area contributed by atoms with Gasteiger partial charge < -0.3 is 15.5 Å². The molecule has 1 rings (SSSR count). The Morgan fingerprint density at radius 2 is 1.86 bits per heavy atom. The molecule has 0 spiro atoms. The van der Waals surface area contributed by atoms with Gasteiger partial charge in [0.25, 0.3) is 0 Å². The molecule has 0 radical (unpaired) electrons. The first-order valence-electron chi connectivity index (χ1n) is 6.90. The van der Waals surface area contributed by atoms with Crippen LogP contribution in [-0.2, 0) is 4.79 Å². The Morgan fingerprint density at radius 3 is 2.38 bits per heavy atom. The summed E-state index contributed by atoms with van der Waals surface area (Å²) >= 11 is 0. The predicted molar refractivity (Wildman–Crippen MR) is 79.5 cm³/mol. The molecule has 116 valence electrons. The lowest BCUT2D eigenvalue weighted by molar-refractivity contribution is -0.122. The fourth-order valence-electron chi connectivity index (χ4n) is 1.84. The highest BCUT2D eigenvalue weighted by Gasteiger charge is 2.16. The highest BCUT2D eigenvalue weighted by Crippen LogP contribution is 2.25. The minimum absolute atomic E-state index is 0.0564. The van der Waals surface area contributed by atoms with Crippen LogP contribution in [0.1, 0.15) is 31.1 Å². The van der Waals surface area contributed by atoms with Crippen LogP contribution in [0.3, 0.4) is 0 Å². The third kappa shape index (κ3) is 5.43. The van der Waals surface area contributed by atoms with Gasteiger partial charge >= 0.3 is 0 Å². The molecule has 6 nitrogen and oxygen atoms in total. The van der Waals surface area contributed by atoms with Crippen molar-refractivity contribution in [2.24, 2.45) is 0 Å². The van der Waals surface area contributed by atoms with Gasteiger partial charge in [0, 0.05) is 11.6 Å². The number of carbonyl (C=O) groups excluding carboxylic acids is 2. The lowest BCUT2D eigenvalue weighted by Crippen LogP contribution is -2.41. The van der Waals surface area contributed by atoms with Crippen LogP contribution in [0.15, 0.2) is 18.2 Å². The number of ketones is 1. The van der Waals surface area contributed by atoms with Crippen LogP contribution in [0.5, 0.6) is 11.5 Å². The van der Waals surface area contributed by atoms with Gasteiger partial charge in [-0.3, -0.25) is 14.5 Å². The van der Waals surface area contributed by atoms with Gasteiger partial charge in [-0.05, 0) is 38.6 Å². The van der Waals surface area contributed by atoms with E-state index in [2.05, 4.69) is 5.32 Å². The number of aromatic hydroxyl groups is 2. The lowest BCUT2D eigenvalue weighted by Gasteiger charge is -2.20. The summed E-state index contributed by atoms with van der Waals surface area (Å²) in [5.41, 5.74) is 0.299. The Hall–Kier alpha value is -2.08. The van der Waals surface area contributed by atoms with Crippen LogP contribution in [0.2, 0.25) is 0 Å². The molecule has 0 saturated carbocycles. The molecule has 0 saturated heterocycles. The van der Waals surface area contributed by atoms with E-state index in [0.717, 1.165) is 0 Å². The number of likely N-dealkylation sites (N-methyl/N-ethyl adjacent to an activating group) is 1. The van der Waals surface area contributed by atoms with E-state index in [9.17, 15) is 19.8 Å². The van der Waals surface area contributed by atoms with Crippen molar-refractivity contribution >= 4 is 11.7 Å². The van der Waals surface area contributed by atoms with Gasteiger partial charge in [-0.2, -0.15) is 0 Å². The summed E-state index contributed by atoms with van der Waals surface area (Å²) in [6, 6.07) is 3.99. The Kier molecular flexibility index (Phi) is 6.17. The van der Waals surface area contributed by atoms with E-state index in [1.54, 1.807) is 4.90 Å². The Morgan fingerprint density at radius 1 is 1.19 bits per heavy atom. The van der Waals surface area contributed by atoms with E-state index >= 15 is 0 Å². The Labute approximate surface area is 124 Å². The molecule has 1 aromatic rings. The fraction of sp³-hybridized carbons (Fsp3) is 0.467. The van der Waals surface area contributed by atoms with Crippen LogP contribution in [-0.4, -0.2) is 52.5 Å². The van der Waals surface area contributed by atoms with Gasteiger partial charge in [0.05, 0.1) is 13.1 Å². The molecule has 0 bridgehead atoms. The number of phenols is 2. The summed E-state index contributed by atoms with van der Waals surface area (Å²) in [6.07, 6.45) is 0. The fourth-order valence-corrected chi connectivity index (χ4v) is 1.84. The van der Waals surface area contributed by atoms with Crippen LogP contribution in [0.4, 0.5) is 0 Å². The van der Waals surface area contributed by atoms with Gasteiger partial charge in [0.2, 0.25) is 5.91 Å². The molecule has 0 fully saturated rings. The quantitative estimate of drug-likeness (QED) is 0.518. The summed E-state index contributed by atoms with van der Waals surface area (Å²) in [5.74, 6) is -0.950. The first kappa shape index (κ1) is 17.0. The van der Waals surface area contributed by atoms with E-state index in [-0.39, 0.29) is 42.3 Å². The molecular weight excluding hydrogens is 272 g/mol. The molecule has 3 N–H and O–H groups in total. The maximum absolute atomic E-state index is 12.1. The third-order valence-corrected chi connectivity index (χ3v) is 2.93. The average molecular weight is 294 g/mol. The molecule has 1 aromatic carbocycles. The zero-order valence-corrected chi connectivity index (χ0v) is 12.6. The largest absolute Gasteiger partial charge is 0.504 e. The zero-order chi connectivity index (χ0) is 16.0. The number of nitrogens with zero attached hydrogens (tertiary/aromatic N) is 1. The van der Waals surface area contributed by atoms with Crippen molar-refractivity contribution < 1.29 is 19.8 Å². The summed E-state index contributed by atoms with van der Waals surface area (Å²) in [6.45, 7) is 6.39. The number of hydrogen-bond donors (Lipinski definition) is 3. The number of hydrogen-bond acceptors (Lipinski definition) is 5. The van der Waals surface area contributed by atoms with Crippen molar-refractivity contribution in [3.05, 3.63) is 23.8 Å². The van der Waals surface area contributed by atoms with Crippen LogP contribution < -0.4 is 5.32 Å². The highest BCUT2D eigenvalue weighted by molar-refractivity contribution is 5.98. The van der Waals surface area contributed by atoms with Crippen LogP contribution in [0.25, 0.3) is 0 Å². The van der Waals surface area contributed by atoms with Crippen molar-refractivity contribution in [1.29, 1.82) is 0 Å². The second-order valence-corrected chi connectivity index (χ2v) is 5.15. The number of phenolic OH excluding ortho intramolecular Hbond substituents is 2. The van der Waals surface area contributed by atoms with E-state index in [1.165, 1.54) is 18.2 Å². The highest BCUT2D eigenvalue weighted by atomic mass is 16.3. The van der Waals surface area contributed by atoms with Gasteiger partial charge in [0.1, 0.15) is 0 Å². The second kappa shape index (κ2) is 7.64. The molecule has 0 atom stereocenters. The van der Waals surface area contributed by atoms with Gasteiger partial charge in [-0.25, -0.2) is 0 Å². The zero-order valence-electron chi connectivity index (χ0n) is 12.6. The van der Waals surface area contributed by atoms with Crippen LogP contribution in [0, 0.1) is 0 Å². The van der Waals surface area contributed by atoms with Gasteiger partial charge in [0.15, 0.2) is 17.3 Å². The smallest absolute Gasteiger partial charge is 0.234 e. The number of benzene rings is 1. The molecule has 0 unspecified atom stereocenters. The van der Waals surface area contributed by atoms with Crippen molar-refractivity contribution in [2.45, 2.75) is 26.8 Å². The number of nitrogens with one attached hydrogen (secondary N) is 1. The molecule has 0 heterocycles. The number of carbonyl (C=O) groups is 2. The normalized spacial score (nSPS) is 10.9. The van der Waals surface area contributed by atoms with E-state index in [0.29, 0.717) is 12.1 Å². The van der Waals surface area contributed by atoms with Crippen molar-refractivity contribution in [3.8, 4) is 11.5 Å². The maximum Gasteiger partial charge on any atom is 0.234 e. The minimum atomic E-state index is -0.332. The Balaban J connectivity index is 2.65. The van der Waals surface area contributed by atoms with Gasteiger partial charge in [-0.15, -0.1) is 0 Å². The average Bonchev–Trinajstić information content (AvgIpc) is 2.39. The lowest BCUT2D eigenvalue weighted by atomic mass is 10.1. The summed E-state index contributed by atoms with van der Waals surface area (Å²) in [5, 5.41) is 21.4. The predicted octanol–water partition coefficient (Wildman–Crippen LogP) is 1.13. The van der Waals surface area contributed by atoms with Gasteiger partial charge in [-0.1, -0.05) is 6.92 Å². The molecule has 21 heavy (non-hydrogen) atoms.